The maximum absolute atomic E-state index is 12.1. The second-order valence-electron chi connectivity index (χ2n) is 6.00. The molecule has 0 aliphatic heterocycles. The first-order chi connectivity index (χ1) is 13.1. The summed E-state index contributed by atoms with van der Waals surface area (Å²) in [5, 5.41) is 6.71. The van der Waals surface area contributed by atoms with Crippen LogP contribution in [-0.4, -0.2) is 37.6 Å². The molecule has 0 saturated heterocycles. The van der Waals surface area contributed by atoms with Crippen molar-refractivity contribution in [1.82, 2.24) is 10.3 Å². The van der Waals surface area contributed by atoms with E-state index in [1.165, 1.54) is 0 Å². The van der Waals surface area contributed by atoms with Crippen LogP contribution in [0.2, 0.25) is 5.02 Å². The summed E-state index contributed by atoms with van der Waals surface area (Å²) in [5.41, 5.74) is 1.75. The molecule has 2 rings (SSSR count). The van der Waals surface area contributed by atoms with Gasteiger partial charge in [0.2, 0.25) is 5.91 Å². The molecule has 1 aromatic carbocycles. The smallest absolute Gasteiger partial charge is 0.222 e. The van der Waals surface area contributed by atoms with Gasteiger partial charge in [0.25, 0.3) is 0 Å². The number of amides is 1. The lowest BCUT2D eigenvalue weighted by molar-refractivity contribution is -0.121. The number of ether oxygens (including phenoxy) is 1. The minimum absolute atomic E-state index is 0.0312. The molecule has 6 nitrogen and oxygen atoms in total. The zero-order chi connectivity index (χ0) is 19.6. The summed E-state index contributed by atoms with van der Waals surface area (Å²) in [6.07, 6.45) is 2.16. The van der Waals surface area contributed by atoms with E-state index in [-0.39, 0.29) is 5.91 Å². The average molecular weight is 391 g/mol. The maximum Gasteiger partial charge on any atom is 0.222 e. The molecular weight excluding hydrogens is 364 g/mol. The topological polar surface area (TPSA) is 66.5 Å². The number of carbonyl (C=O) groups excluding carboxylic acids is 1. The lowest BCUT2D eigenvalue weighted by Gasteiger charge is -2.19. The number of benzene rings is 1. The van der Waals surface area contributed by atoms with Crippen molar-refractivity contribution in [1.29, 1.82) is 0 Å². The molecule has 7 heteroatoms. The Labute approximate surface area is 165 Å². The predicted molar refractivity (Wildman–Crippen MR) is 111 cm³/mol. The molecule has 1 aromatic heterocycles. The Hall–Kier alpha value is -2.47. The van der Waals surface area contributed by atoms with E-state index in [1.807, 2.05) is 18.3 Å². The molecule has 0 saturated carbocycles. The minimum atomic E-state index is -0.0312. The van der Waals surface area contributed by atoms with Crippen molar-refractivity contribution in [3.05, 3.63) is 47.1 Å². The van der Waals surface area contributed by atoms with Gasteiger partial charge in [0.05, 0.1) is 12.8 Å². The van der Waals surface area contributed by atoms with Gasteiger partial charge in [-0.05, 0) is 43.7 Å². The van der Waals surface area contributed by atoms with Crippen molar-refractivity contribution in [2.75, 3.05) is 37.0 Å². The Balaban J connectivity index is 1.77. The predicted octanol–water partition coefficient (Wildman–Crippen LogP) is 3.71. The van der Waals surface area contributed by atoms with Crippen LogP contribution in [0.15, 0.2) is 36.5 Å². The molecule has 0 fully saturated rings. The molecule has 0 aliphatic carbocycles. The van der Waals surface area contributed by atoms with Crippen LogP contribution in [0.5, 0.6) is 5.75 Å². The van der Waals surface area contributed by atoms with Gasteiger partial charge in [-0.25, -0.2) is 4.98 Å². The molecule has 1 heterocycles. The summed E-state index contributed by atoms with van der Waals surface area (Å²) >= 11 is 6.00. The summed E-state index contributed by atoms with van der Waals surface area (Å²) < 4.78 is 5.27. The van der Waals surface area contributed by atoms with E-state index < -0.39 is 0 Å². The number of pyridine rings is 1. The number of nitrogens with zero attached hydrogens (tertiary/aromatic N) is 2. The molecule has 1 amide bonds. The van der Waals surface area contributed by atoms with E-state index in [0.717, 1.165) is 30.2 Å². The SMILES string of the molecule is CCN(CC)c1ccc(CNC(=O)CCNc2cc(Cl)ccc2OC)cn1. The van der Waals surface area contributed by atoms with Gasteiger partial charge < -0.3 is 20.3 Å². The highest BCUT2D eigenvalue weighted by Crippen LogP contribution is 2.27. The van der Waals surface area contributed by atoms with Crippen molar-refractivity contribution in [2.45, 2.75) is 26.8 Å². The van der Waals surface area contributed by atoms with Crippen molar-refractivity contribution < 1.29 is 9.53 Å². The van der Waals surface area contributed by atoms with Gasteiger partial charge in [0, 0.05) is 43.8 Å². The monoisotopic (exact) mass is 390 g/mol. The molecule has 2 N–H and O–H groups in total. The summed E-state index contributed by atoms with van der Waals surface area (Å²) in [7, 11) is 1.60. The Kier molecular flexibility index (Phi) is 8.20. The third-order valence-corrected chi connectivity index (χ3v) is 4.45. The van der Waals surface area contributed by atoms with Gasteiger partial charge in [-0.2, -0.15) is 0 Å². The summed E-state index contributed by atoms with van der Waals surface area (Å²) in [4.78, 5) is 18.7. The average Bonchev–Trinajstić information content (AvgIpc) is 2.68. The van der Waals surface area contributed by atoms with Crippen molar-refractivity contribution in [3.8, 4) is 5.75 Å². The van der Waals surface area contributed by atoms with Crippen molar-refractivity contribution in [2.24, 2.45) is 0 Å². The van der Waals surface area contributed by atoms with Crippen LogP contribution >= 0.6 is 11.6 Å². The van der Waals surface area contributed by atoms with Crippen LogP contribution in [0.1, 0.15) is 25.8 Å². The van der Waals surface area contributed by atoms with E-state index in [4.69, 9.17) is 16.3 Å². The molecule has 0 aliphatic rings. The summed E-state index contributed by atoms with van der Waals surface area (Å²) in [6, 6.07) is 9.32. The molecule has 0 radical (unpaired) electrons. The maximum atomic E-state index is 12.1. The largest absolute Gasteiger partial charge is 0.495 e. The highest BCUT2D eigenvalue weighted by atomic mass is 35.5. The fraction of sp³-hybridized carbons (Fsp3) is 0.400. The van der Waals surface area contributed by atoms with Gasteiger partial charge in [-0.1, -0.05) is 17.7 Å². The molecule has 0 bridgehead atoms. The number of hydrogen-bond donors (Lipinski definition) is 2. The first-order valence-corrected chi connectivity index (χ1v) is 9.49. The first-order valence-electron chi connectivity index (χ1n) is 9.11. The zero-order valence-electron chi connectivity index (χ0n) is 16.1. The molecule has 146 valence electrons. The number of hydrogen-bond acceptors (Lipinski definition) is 5. The van der Waals surface area contributed by atoms with Gasteiger partial charge in [0.1, 0.15) is 11.6 Å². The Morgan fingerprint density at radius 3 is 2.63 bits per heavy atom. The van der Waals surface area contributed by atoms with Crippen molar-refractivity contribution in [3.63, 3.8) is 0 Å². The van der Waals surface area contributed by atoms with Crippen LogP contribution in [0, 0.1) is 0 Å². The molecule has 27 heavy (non-hydrogen) atoms. The summed E-state index contributed by atoms with van der Waals surface area (Å²) in [5.74, 6) is 1.62. The van der Waals surface area contributed by atoms with Crippen LogP contribution in [0.25, 0.3) is 0 Å². The molecular formula is C20H27ClN4O2. The fourth-order valence-corrected chi connectivity index (χ4v) is 2.85. The van der Waals surface area contributed by atoms with Gasteiger partial charge >= 0.3 is 0 Å². The van der Waals surface area contributed by atoms with Gasteiger partial charge in [-0.15, -0.1) is 0 Å². The zero-order valence-corrected chi connectivity index (χ0v) is 16.8. The van der Waals surface area contributed by atoms with E-state index in [0.29, 0.717) is 30.3 Å². The number of rotatable bonds is 10. The lowest BCUT2D eigenvalue weighted by Crippen LogP contribution is -2.25. The van der Waals surface area contributed by atoms with Crippen molar-refractivity contribution >= 4 is 29.0 Å². The lowest BCUT2D eigenvalue weighted by atomic mass is 10.2. The standard InChI is InChI=1S/C20H27ClN4O2/c1-4-25(5-2)19-9-6-15(13-23-19)14-24-20(26)10-11-22-17-12-16(21)7-8-18(17)27-3/h6-9,12-13,22H,4-5,10-11,14H2,1-3H3,(H,24,26). The number of methoxy groups -OCH3 is 1. The number of aromatic nitrogens is 1. The number of carbonyl (C=O) groups is 1. The van der Waals surface area contributed by atoms with Crippen LogP contribution < -0.4 is 20.3 Å². The molecule has 0 spiro atoms. The highest BCUT2D eigenvalue weighted by Gasteiger charge is 2.07. The first kappa shape index (κ1) is 20.8. The molecule has 2 aromatic rings. The highest BCUT2D eigenvalue weighted by molar-refractivity contribution is 6.30. The number of anilines is 2. The number of halogens is 1. The second-order valence-corrected chi connectivity index (χ2v) is 6.43. The van der Waals surface area contributed by atoms with E-state index in [2.05, 4.69) is 34.4 Å². The van der Waals surface area contributed by atoms with Crippen LogP contribution in [0.3, 0.4) is 0 Å². The Morgan fingerprint density at radius 1 is 1.22 bits per heavy atom. The van der Waals surface area contributed by atoms with Crippen LogP contribution in [0.4, 0.5) is 11.5 Å². The normalized spacial score (nSPS) is 10.4. The number of nitrogens with one attached hydrogen (secondary N) is 2. The van der Waals surface area contributed by atoms with E-state index in [1.54, 1.807) is 25.3 Å². The Bertz CT molecular complexity index is 733. The van der Waals surface area contributed by atoms with E-state index >= 15 is 0 Å². The van der Waals surface area contributed by atoms with E-state index in [9.17, 15) is 4.79 Å². The quantitative estimate of drug-likeness (QED) is 0.647. The van der Waals surface area contributed by atoms with Gasteiger partial charge in [0.15, 0.2) is 0 Å². The summed E-state index contributed by atoms with van der Waals surface area (Å²) in [6.45, 7) is 7.00. The van der Waals surface area contributed by atoms with Gasteiger partial charge in [-0.3, -0.25) is 4.79 Å². The molecule has 0 unspecified atom stereocenters. The third kappa shape index (κ3) is 6.32. The fourth-order valence-electron chi connectivity index (χ4n) is 2.67. The third-order valence-electron chi connectivity index (χ3n) is 4.22. The van der Waals surface area contributed by atoms with Crippen LogP contribution in [-0.2, 0) is 11.3 Å². The minimum Gasteiger partial charge on any atom is -0.495 e. The second kappa shape index (κ2) is 10.6. The Morgan fingerprint density at radius 2 is 2.00 bits per heavy atom. The molecule has 0 atom stereocenters.